The summed E-state index contributed by atoms with van der Waals surface area (Å²) in [7, 11) is 1.29. The van der Waals surface area contributed by atoms with Crippen molar-refractivity contribution in [1.82, 2.24) is 0 Å². The summed E-state index contributed by atoms with van der Waals surface area (Å²) in [6.45, 7) is 0. The van der Waals surface area contributed by atoms with Crippen molar-refractivity contribution in [2.24, 2.45) is 0 Å². The number of carboxylic acids is 1. The second-order valence-corrected chi connectivity index (χ2v) is 2.94. The van der Waals surface area contributed by atoms with Gasteiger partial charge in [0, 0.05) is 5.02 Å². The fourth-order valence-electron chi connectivity index (χ4n) is 1.09. The quantitative estimate of drug-likeness (QED) is 0.780. The highest BCUT2D eigenvalue weighted by atomic mass is 35.5. The summed E-state index contributed by atoms with van der Waals surface area (Å²) >= 11 is 5.62. The Kier molecular flexibility index (Phi) is 3.09. The molecule has 74 valence electrons. The molecule has 0 spiro atoms. The third-order valence-electron chi connectivity index (χ3n) is 1.64. The van der Waals surface area contributed by atoms with Crippen LogP contribution in [0.25, 0.3) is 0 Å². The largest absolute Gasteiger partial charge is 0.495 e. The summed E-state index contributed by atoms with van der Waals surface area (Å²) in [5.74, 6) is -1.16. The van der Waals surface area contributed by atoms with Crippen LogP contribution in [0.3, 0.4) is 0 Å². The highest BCUT2D eigenvalue weighted by Crippen LogP contribution is 2.26. The van der Waals surface area contributed by atoms with Crippen molar-refractivity contribution >= 4 is 23.9 Å². The van der Waals surface area contributed by atoms with E-state index in [2.05, 4.69) is 0 Å². The minimum atomic E-state index is -1.19. The first-order valence-electron chi connectivity index (χ1n) is 3.66. The van der Waals surface area contributed by atoms with Crippen molar-refractivity contribution in [3.05, 3.63) is 28.3 Å². The van der Waals surface area contributed by atoms with Gasteiger partial charge in [0.1, 0.15) is 11.3 Å². The van der Waals surface area contributed by atoms with Crippen LogP contribution in [-0.2, 0) is 0 Å². The summed E-state index contributed by atoms with van der Waals surface area (Å²) in [6, 6.07) is 2.58. The Balaban J connectivity index is 3.46. The molecular weight excluding hydrogens is 208 g/mol. The lowest BCUT2D eigenvalue weighted by atomic mass is 10.1. The van der Waals surface area contributed by atoms with Crippen LogP contribution in [0.4, 0.5) is 0 Å². The van der Waals surface area contributed by atoms with E-state index < -0.39 is 5.97 Å². The molecular formula is C9H7ClO4. The van der Waals surface area contributed by atoms with Gasteiger partial charge in [0.25, 0.3) is 0 Å². The van der Waals surface area contributed by atoms with Crippen molar-refractivity contribution in [3.8, 4) is 5.75 Å². The summed E-state index contributed by atoms with van der Waals surface area (Å²) in [4.78, 5) is 21.3. The molecule has 0 aliphatic carbocycles. The van der Waals surface area contributed by atoms with Crippen molar-refractivity contribution in [2.75, 3.05) is 7.11 Å². The second-order valence-electron chi connectivity index (χ2n) is 2.50. The Hall–Kier alpha value is -1.55. The van der Waals surface area contributed by atoms with Gasteiger partial charge in [-0.05, 0) is 12.1 Å². The molecule has 0 saturated heterocycles. The molecule has 5 heteroatoms. The number of carbonyl (C=O) groups is 2. The van der Waals surface area contributed by atoms with Gasteiger partial charge in [0.15, 0.2) is 6.29 Å². The van der Waals surface area contributed by atoms with Crippen LogP contribution in [-0.4, -0.2) is 24.5 Å². The number of halogens is 1. The smallest absolute Gasteiger partial charge is 0.339 e. The van der Waals surface area contributed by atoms with E-state index in [4.69, 9.17) is 21.4 Å². The average molecular weight is 215 g/mol. The molecule has 14 heavy (non-hydrogen) atoms. The molecule has 0 heterocycles. The predicted octanol–water partition coefficient (Wildman–Crippen LogP) is 1.86. The van der Waals surface area contributed by atoms with Crippen LogP contribution in [0.5, 0.6) is 5.75 Å². The first-order chi connectivity index (χ1) is 6.60. The number of hydrogen-bond donors (Lipinski definition) is 1. The number of ether oxygens (including phenoxy) is 1. The van der Waals surface area contributed by atoms with Gasteiger partial charge < -0.3 is 9.84 Å². The van der Waals surface area contributed by atoms with E-state index in [1.54, 1.807) is 0 Å². The highest BCUT2D eigenvalue weighted by molar-refractivity contribution is 6.31. The van der Waals surface area contributed by atoms with Crippen LogP contribution in [0.15, 0.2) is 12.1 Å². The molecule has 0 unspecified atom stereocenters. The van der Waals surface area contributed by atoms with Crippen LogP contribution in [0.2, 0.25) is 5.02 Å². The number of carbonyl (C=O) groups excluding carboxylic acids is 1. The molecule has 0 radical (unpaired) electrons. The normalized spacial score (nSPS) is 9.57. The van der Waals surface area contributed by atoms with Crippen molar-refractivity contribution < 1.29 is 19.4 Å². The average Bonchev–Trinajstić information content (AvgIpc) is 2.16. The van der Waals surface area contributed by atoms with Gasteiger partial charge >= 0.3 is 5.97 Å². The molecule has 0 saturated carbocycles. The molecule has 0 atom stereocenters. The highest BCUT2D eigenvalue weighted by Gasteiger charge is 2.15. The minimum Gasteiger partial charge on any atom is -0.495 e. The summed E-state index contributed by atoms with van der Waals surface area (Å²) < 4.78 is 4.81. The number of hydrogen-bond acceptors (Lipinski definition) is 3. The Bertz CT molecular complexity index is 387. The van der Waals surface area contributed by atoms with E-state index in [9.17, 15) is 9.59 Å². The van der Waals surface area contributed by atoms with Crippen molar-refractivity contribution in [3.63, 3.8) is 0 Å². The summed E-state index contributed by atoms with van der Waals surface area (Å²) in [5.41, 5.74) is -0.000463. The summed E-state index contributed by atoms with van der Waals surface area (Å²) in [6.07, 6.45) is 0.497. The molecule has 0 amide bonds. The number of methoxy groups -OCH3 is 1. The molecule has 1 aromatic carbocycles. The summed E-state index contributed by atoms with van der Waals surface area (Å²) in [5, 5.41) is 8.97. The monoisotopic (exact) mass is 214 g/mol. The number of aldehydes is 1. The molecule has 0 aliphatic heterocycles. The third kappa shape index (κ3) is 1.85. The first-order valence-corrected chi connectivity index (χ1v) is 4.04. The standard InChI is InChI=1S/C9H7ClO4/c1-14-8-5(4-11)2-6(10)3-7(8)9(12)13/h2-4H,1H3,(H,12,13). The van der Waals surface area contributed by atoms with Gasteiger partial charge in [-0.3, -0.25) is 4.79 Å². The number of carboxylic acid groups (broad SMARTS) is 1. The maximum Gasteiger partial charge on any atom is 0.339 e. The second kappa shape index (κ2) is 4.11. The van der Waals surface area contributed by atoms with Crippen molar-refractivity contribution in [1.29, 1.82) is 0 Å². The van der Waals surface area contributed by atoms with E-state index >= 15 is 0 Å². The van der Waals surface area contributed by atoms with Gasteiger partial charge in [-0.2, -0.15) is 0 Å². The fourth-order valence-corrected chi connectivity index (χ4v) is 1.32. The van der Waals surface area contributed by atoms with E-state index in [1.807, 2.05) is 0 Å². The van der Waals surface area contributed by atoms with E-state index in [0.717, 1.165) is 0 Å². The maximum absolute atomic E-state index is 10.7. The SMILES string of the molecule is COc1c(C=O)cc(Cl)cc1C(=O)O. The fraction of sp³-hybridized carbons (Fsp3) is 0.111. The first kappa shape index (κ1) is 10.5. The lowest BCUT2D eigenvalue weighted by molar-refractivity contribution is 0.0693. The van der Waals surface area contributed by atoms with E-state index in [0.29, 0.717) is 6.29 Å². The zero-order valence-corrected chi connectivity index (χ0v) is 8.04. The number of aromatic carboxylic acids is 1. The zero-order chi connectivity index (χ0) is 10.7. The molecule has 4 nitrogen and oxygen atoms in total. The Morgan fingerprint density at radius 1 is 1.57 bits per heavy atom. The lowest BCUT2D eigenvalue weighted by Crippen LogP contribution is -2.03. The Morgan fingerprint density at radius 3 is 2.64 bits per heavy atom. The van der Waals surface area contributed by atoms with E-state index in [1.165, 1.54) is 19.2 Å². The van der Waals surface area contributed by atoms with Gasteiger partial charge in [-0.15, -0.1) is 0 Å². The number of benzene rings is 1. The molecule has 0 aromatic heterocycles. The van der Waals surface area contributed by atoms with Gasteiger partial charge in [-0.25, -0.2) is 4.79 Å². The van der Waals surface area contributed by atoms with Crippen LogP contribution in [0, 0.1) is 0 Å². The van der Waals surface area contributed by atoms with Crippen molar-refractivity contribution in [2.45, 2.75) is 0 Å². The lowest BCUT2D eigenvalue weighted by Gasteiger charge is -2.07. The molecule has 0 fully saturated rings. The van der Waals surface area contributed by atoms with E-state index in [-0.39, 0.29) is 21.9 Å². The molecule has 1 N–H and O–H groups in total. The zero-order valence-electron chi connectivity index (χ0n) is 7.28. The molecule has 0 aliphatic rings. The van der Waals surface area contributed by atoms with Crippen LogP contribution in [0.1, 0.15) is 20.7 Å². The van der Waals surface area contributed by atoms with Gasteiger partial charge in [0.05, 0.1) is 12.7 Å². The predicted molar refractivity (Wildman–Crippen MR) is 50.4 cm³/mol. The molecule has 1 rings (SSSR count). The Morgan fingerprint density at radius 2 is 2.21 bits per heavy atom. The van der Waals surface area contributed by atoms with Gasteiger partial charge in [0.2, 0.25) is 0 Å². The Labute approximate surface area is 85.1 Å². The van der Waals surface area contributed by atoms with Gasteiger partial charge in [-0.1, -0.05) is 11.6 Å². The van der Waals surface area contributed by atoms with Crippen LogP contribution < -0.4 is 4.74 Å². The topological polar surface area (TPSA) is 63.6 Å². The molecule has 1 aromatic rings. The molecule has 0 bridgehead atoms. The third-order valence-corrected chi connectivity index (χ3v) is 1.86. The minimum absolute atomic E-state index is 0.0249. The number of rotatable bonds is 3. The maximum atomic E-state index is 10.7. The van der Waals surface area contributed by atoms with Crippen LogP contribution >= 0.6 is 11.6 Å².